The van der Waals surface area contributed by atoms with Gasteiger partial charge in [-0.05, 0) is 12.8 Å². The highest BCUT2D eigenvalue weighted by Crippen LogP contribution is 2.20. The first-order valence-corrected chi connectivity index (χ1v) is 3.92. The number of hydrogen-bond donors (Lipinski definition) is 0. The van der Waals surface area contributed by atoms with Gasteiger partial charge in [-0.1, -0.05) is 12.8 Å². The summed E-state index contributed by atoms with van der Waals surface area (Å²) in [6.07, 6.45) is 5.63. The minimum absolute atomic E-state index is 0.509. The maximum atomic E-state index is 5.48. The van der Waals surface area contributed by atoms with Crippen LogP contribution in [0.15, 0.2) is 0 Å². The minimum Gasteiger partial charge on any atom is -0.377 e. The first kappa shape index (κ1) is 8.02. The van der Waals surface area contributed by atoms with E-state index >= 15 is 0 Å². The normalized spacial score (nSPS) is 20.1. The fraction of sp³-hybridized carbons (Fsp3) is 0.875. The Bertz CT molecular complexity index is 77.3. The Hall–Kier alpha value is -0.0800. The van der Waals surface area contributed by atoms with Gasteiger partial charge in [0.2, 0.25) is 0 Å². The topological polar surface area (TPSA) is 18.5 Å². The summed E-state index contributed by atoms with van der Waals surface area (Å²) in [6.45, 7) is 1.32. The summed E-state index contributed by atoms with van der Waals surface area (Å²) in [5.74, 6) is 0. The second-order valence-corrected chi connectivity index (χ2v) is 2.69. The average molecular weight is 143 g/mol. The molecule has 0 atom stereocenters. The molecule has 1 rings (SSSR count). The number of hydrogen-bond acceptors (Lipinski definition) is 2. The van der Waals surface area contributed by atoms with E-state index in [0.29, 0.717) is 19.3 Å². The third kappa shape index (κ3) is 2.67. The van der Waals surface area contributed by atoms with Crippen LogP contribution in [-0.2, 0) is 9.47 Å². The van der Waals surface area contributed by atoms with Gasteiger partial charge < -0.3 is 9.47 Å². The Morgan fingerprint density at radius 3 is 2.50 bits per heavy atom. The van der Waals surface area contributed by atoms with E-state index in [4.69, 9.17) is 4.74 Å². The predicted octanol–water partition coefficient (Wildman–Crippen LogP) is 1.75. The molecule has 0 aliphatic heterocycles. The average Bonchev–Trinajstić information content (AvgIpc) is 2.41. The summed E-state index contributed by atoms with van der Waals surface area (Å²) in [5.41, 5.74) is 0. The molecule has 59 valence electrons. The van der Waals surface area contributed by atoms with Crippen molar-refractivity contribution in [3.8, 4) is 0 Å². The van der Waals surface area contributed by atoms with Crippen LogP contribution in [0.3, 0.4) is 0 Å². The molecule has 1 aliphatic rings. The van der Waals surface area contributed by atoms with Crippen LogP contribution in [0.25, 0.3) is 0 Å². The molecule has 0 spiro atoms. The number of rotatable bonds is 4. The van der Waals surface area contributed by atoms with Crippen LogP contribution < -0.4 is 0 Å². The molecule has 1 saturated carbocycles. The molecule has 0 aromatic heterocycles. The fourth-order valence-electron chi connectivity index (χ4n) is 1.33. The summed E-state index contributed by atoms with van der Waals surface area (Å²) in [5, 5.41) is 0. The van der Waals surface area contributed by atoms with Crippen molar-refractivity contribution in [3.05, 3.63) is 7.11 Å². The van der Waals surface area contributed by atoms with E-state index in [-0.39, 0.29) is 0 Å². The lowest BCUT2D eigenvalue weighted by atomic mass is 10.3. The summed E-state index contributed by atoms with van der Waals surface area (Å²) in [7, 11) is 3.27. The molecule has 1 radical (unpaired) electrons. The Balaban J connectivity index is 1.91. The van der Waals surface area contributed by atoms with Crippen molar-refractivity contribution >= 4 is 0 Å². The highest BCUT2D eigenvalue weighted by Gasteiger charge is 2.14. The molecule has 2 nitrogen and oxygen atoms in total. The third-order valence-corrected chi connectivity index (χ3v) is 1.88. The molecule has 0 aromatic rings. The van der Waals surface area contributed by atoms with Crippen LogP contribution in [-0.4, -0.2) is 19.3 Å². The maximum absolute atomic E-state index is 5.48. The second kappa shape index (κ2) is 4.69. The molecule has 1 aliphatic carbocycles. The monoisotopic (exact) mass is 143 g/mol. The molecule has 2 heteroatoms. The molecular formula is C8H15O2. The van der Waals surface area contributed by atoms with Crippen molar-refractivity contribution in [3.63, 3.8) is 0 Å². The lowest BCUT2D eigenvalue weighted by Crippen LogP contribution is -2.11. The van der Waals surface area contributed by atoms with Gasteiger partial charge in [0, 0.05) is 0 Å². The fourth-order valence-corrected chi connectivity index (χ4v) is 1.33. The minimum atomic E-state index is 0.509. The highest BCUT2D eigenvalue weighted by atomic mass is 16.5. The van der Waals surface area contributed by atoms with Gasteiger partial charge in [-0.25, -0.2) is 0 Å². The first-order valence-electron chi connectivity index (χ1n) is 3.92. The summed E-state index contributed by atoms with van der Waals surface area (Å²) >= 11 is 0. The smallest absolute Gasteiger partial charge is 0.0704 e. The van der Waals surface area contributed by atoms with Crippen molar-refractivity contribution in [2.45, 2.75) is 31.8 Å². The van der Waals surface area contributed by atoms with Gasteiger partial charge in [0.25, 0.3) is 0 Å². The highest BCUT2D eigenvalue weighted by molar-refractivity contribution is 4.66. The van der Waals surface area contributed by atoms with Crippen LogP contribution in [0.4, 0.5) is 0 Å². The molecule has 0 unspecified atom stereocenters. The molecule has 0 heterocycles. The zero-order valence-electron chi connectivity index (χ0n) is 6.34. The predicted molar refractivity (Wildman–Crippen MR) is 39.5 cm³/mol. The van der Waals surface area contributed by atoms with E-state index in [1.54, 1.807) is 0 Å². The standard InChI is InChI=1S/C8H15O2/c1-9-6-7-10-8-4-2-3-5-8/h8H,1-7H2. The largest absolute Gasteiger partial charge is 0.377 e. The Morgan fingerprint density at radius 2 is 1.90 bits per heavy atom. The zero-order valence-corrected chi connectivity index (χ0v) is 6.34. The van der Waals surface area contributed by atoms with Crippen molar-refractivity contribution in [1.82, 2.24) is 0 Å². The molecular weight excluding hydrogens is 128 g/mol. The molecule has 0 bridgehead atoms. The van der Waals surface area contributed by atoms with Gasteiger partial charge in [0.1, 0.15) is 0 Å². The summed E-state index contributed by atoms with van der Waals surface area (Å²) in [4.78, 5) is 0. The molecule has 0 aromatic carbocycles. The van der Waals surface area contributed by atoms with Crippen molar-refractivity contribution in [2.24, 2.45) is 0 Å². The Labute approximate surface area is 62.5 Å². The van der Waals surface area contributed by atoms with E-state index in [0.717, 1.165) is 0 Å². The Morgan fingerprint density at radius 1 is 1.20 bits per heavy atom. The van der Waals surface area contributed by atoms with E-state index in [1.165, 1.54) is 25.7 Å². The molecule has 0 N–H and O–H groups in total. The van der Waals surface area contributed by atoms with Gasteiger partial charge in [0.15, 0.2) is 0 Å². The van der Waals surface area contributed by atoms with Gasteiger partial charge in [-0.3, -0.25) is 0 Å². The summed E-state index contributed by atoms with van der Waals surface area (Å²) in [6, 6.07) is 0. The van der Waals surface area contributed by atoms with E-state index in [1.807, 2.05) is 0 Å². The zero-order chi connectivity index (χ0) is 7.23. The van der Waals surface area contributed by atoms with Crippen molar-refractivity contribution in [2.75, 3.05) is 13.2 Å². The molecule has 1 fully saturated rings. The van der Waals surface area contributed by atoms with E-state index in [2.05, 4.69) is 11.8 Å². The van der Waals surface area contributed by atoms with Gasteiger partial charge in [0.05, 0.1) is 26.4 Å². The number of ether oxygens (including phenoxy) is 2. The van der Waals surface area contributed by atoms with Crippen LogP contribution in [0, 0.1) is 7.11 Å². The van der Waals surface area contributed by atoms with Crippen LogP contribution in [0.5, 0.6) is 0 Å². The van der Waals surface area contributed by atoms with Crippen LogP contribution in [0.1, 0.15) is 25.7 Å². The van der Waals surface area contributed by atoms with Crippen molar-refractivity contribution in [1.29, 1.82) is 0 Å². The lowest BCUT2D eigenvalue weighted by molar-refractivity contribution is 0.0281. The quantitative estimate of drug-likeness (QED) is 0.558. The van der Waals surface area contributed by atoms with Crippen molar-refractivity contribution < 1.29 is 9.47 Å². The third-order valence-electron chi connectivity index (χ3n) is 1.88. The van der Waals surface area contributed by atoms with E-state index in [9.17, 15) is 0 Å². The maximum Gasteiger partial charge on any atom is 0.0704 e. The molecule has 10 heavy (non-hydrogen) atoms. The van der Waals surface area contributed by atoms with Crippen LogP contribution in [0.2, 0.25) is 0 Å². The second-order valence-electron chi connectivity index (χ2n) is 2.69. The van der Waals surface area contributed by atoms with Gasteiger partial charge in [-0.15, -0.1) is 0 Å². The van der Waals surface area contributed by atoms with Gasteiger partial charge in [-0.2, -0.15) is 0 Å². The van der Waals surface area contributed by atoms with Gasteiger partial charge >= 0.3 is 0 Å². The molecule has 0 saturated heterocycles. The van der Waals surface area contributed by atoms with Crippen LogP contribution >= 0.6 is 0 Å². The lowest BCUT2D eigenvalue weighted by Gasteiger charge is -2.09. The Kier molecular flexibility index (Phi) is 3.76. The summed E-state index contributed by atoms with van der Waals surface area (Å²) < 4.78 is 10.1. The first-order chi connectivity index (χ1) is 4.93. The van der Waals surface area contributed by atoms with E-state index < -0.39 is 0 Å². The SMILES string of the molecule is [CH2]OCCOC1CCCC1. The molecule has 0 amide bonds.